The van der Waals surface area contributed by atoms with E-state index in [1.807, 2.05) is 0 Å². The zero-order valence-electron chi connectivity index (χ0n) is 8.93. The molecule has 0 aliphatic heterocycles. The summed E-state index contributed by atoms with van der Waals surface area (Å²) in [6, 6.07) is 0. The summed E-state index contributed by atoms with van der Waals surface area (Å²) in [5, 5.41) is 20.4. The SMILES string of the molecule is CCC(CC)(CO)NCC(O)C(F)(F)F. The Morgan fingerprint density at radius 1 is 1.20 bits per heavy atom. The summed E-state index contributed by atoms with van der Waals surface area (Å²) in [5.74, 6) is 0. The number of hydrogen-bond donors (Lipinski definition) is 3. The lowest BCUT2D eigenvalue weighted by atomic mass is 9.93. The van der Waals surface area contributed by atoms with Gasteiger partial charge in [-0.25, -0.2) is 0 Å². The lowest BCUT2D eigenvalue weighted by Crippen LogP contribution is -2.52. The van der Waals surface area contributed by atoms with Crippen molar-refractivity contribution in [3.05, 3.63) is 0 Å². The third-order valence-corrected chi connectivity index (χ3v) is 2.70. The highest BCUT2D eigenvalue weighted by atomic mass is 19.4. The summed E-state index contributed by atoms with van der Waals surface area (Å²) in [6.07, 6.45) is -5.99. The molecule has 1 unspecified atom stereocenters. The first-order valence-electron chi connectivity index (χ1n) is 4.92. The highest BCUT2D eigenvalue weighted by Crippen LogP contribution is 2.21. The molecular formula is C9H18F3NO2. The van der Waals surface area contributed by atoms with Gasteiger partial charge in [0, 0.05) is 12.1 Å². The molecule has 0 aliphatic rings. The van der Waals surface area contributed by atoms with Crippen LogP contribution >= 0.6 is 0 Å². The van der Waals surface area contributed by atoms with Gasteiger partial charge in [0.2, 0.25) is 0 Å². The van der Waals surface area contributed by atoms with Crippen LogP contribution in [0.4, 0.5) is 13.2 Å². The number of nitrogens with one attached hydrogen (secondary N) is 1. The predicted molar refractivity (Wildman–Crippen MR) is 50.5 cm³/mol. The second-order valence-corrected chi connectivity index (χ2v) is 3.58. The fourth-order valence-electron chi connectivity index (χ4n) is 1.21. The zero-order chi connectivity index (χ0) is 12.1. The van der Waals surface area contributed by atoms with Gasteiger partial charge in [-0.15, -0.1) is 0 Å². The molecule has 0 heterocycles. The molecule has 3 nitrogen and oxygen atoms in total. The minimum Gasteiger partial charge on any atom is -0.394 e. The van der Waals surface area contributed by atoms with Crippen molar-refractivity contribution < 1.29 is 23.4 Å². The van der Waals surface area contributed by atoms with E-state index < -0.39 is 24.4 Å². The van der Waals surface area contributed by atoms with Gasteiger partial charge in [-0.05, 0) is 12.8 Å². The molecule has 0 bridgehead atoms. The van der Waals surface area contributed by atoms with Crippen LogP contribution in [0.3, 0.4) is 0 Å². The van der Waals surface area contributed by atoms with Crippen LogP contribution in [0.5, 0.6) is 0 Å². The maximum Gasteiger partial charge on any atom is 0.415 e. The lowest BCUT2D eigenvalue weighted by Gasteiger charge is -2.32. The van der Waals surface area contributed by atoms with Gasteiger partial charge >= 0.3 is 6.18 Å². The summed E-state index contributed by atoms with van der Waals surface area (Å²) in [6.45, 7) is 2.70. The number of rotatable bonds is 6. The Bertz CT molecular complexity index is 172. The number of aliphatic hydroxyl groups is 2. The highest BCUT2D eigenvalue weighted by Gasteiger charge is 2.39. The first-order chi connectivity index (χ1) is 6.81. The average molecular weight is 229 g/mol. The van der Waals surface area contributed by atoms with E-state index in [0.717, 1.165) is 0 Å². The Kier molecular flexibility index (Phi) is 5.55. The Hall–Kier alpha value is -0.330. The van der Waals surface area contributed by atoms with Crippen molar-refractivity contribution in [3.8, 4) is 0 Å². The van der Waals surface area contributed by atoms with E-state index in [9.17, 15) is 13.2 Å². The molecule has 0 rings (SSSR count). The Morgan fingerprint density at radius 3 is 1.93 bits per heavy atom. The average Bonchev–Trinajstić information content (AvgIpc) is 2.19. The molecule has 0 aromatic carbocycles. The van der Waals surface area contributed by atoms with Crippen molar-refractivity contribution in [3.63, 3.8) is 0 Å². The summed E-state index contributed by atoms with van der Waals surface area (Å²) in [7, 11) is 0. The molecule has 0 amide bonds. The van der Waals surface area contributed by atoms with Crippen LogP contribution in [0.15, 0.2) is 0 Å². The summed E-state index contributed by atoms with van der Waals surface area (Å²) in [4.78, 5) is 0. The molecule has 0 saturated heterocycles. The summed E-state index contributed by atoms with van der Waals surface area (Å²) >= 11 is 0. The van der Waals surface area contributed by atoms with Crippen LogP contribution in [0.1, 0.15) is 26.7 Å². The molecule has 6 heteroatoms. The fraction of sp³-hybridized carbons (Fsp3) is 1.00. The molecule has 0 aromatic rings. The molecule has 15 heavy (non-hydrogen) atoms. The first-order valence-corrected chi connectivity index (χ1v) is 4.92. The van der Waals surface area contributed by atoms with Gasteiger partial charge in [-0.1, -0.05) is 13.8 Å². The monoisotopic (exact) mass is 229 g/mol. The molecule has 0 radical (unpaired) electrons. The van der Waals surface area contributed by atoms with E-state index in [2.05, 4.69) is 5.32 Å². The molecule has 0 spiro atoms. The van der Waals surface area contributed by atoms with Crippen molar-refractivity contribution >= 4 is 0 Å². The second kappa shape index (κ2) is 5.67. The lowest BCUT2D eigenvalue weighted by molar-refractivity contribution is -0.203. The fourth-order valence-corrected chi connectivity index (χ4v) is 1.21. The maximum atomic E-state index is 12.0. The van der Waals surface area contributed by atoms with Gasteiger partial charge in [0.25, 0.3) is 0 Å². The van der Waals surface area contributed by atoms with Crippen molar-refractivity contribution in [1.82, 2.24) is 5.32 Å². The van der Waals surface area contributed by atoms with E-state index in [1.165, 1.54) is 0 Å². The third kappa shape index (κ3) is 4.36. The number of alkyl halides is 3. The van der Waals surface area contributed by atoms with Crippen molar-refractivity contribution in [2.45, 2.75) is 44.5 Å². The number of β-amino-alcohol motifs (C(OH)–C–C–N with tert-alkyl or cyclic N) is 1. The van der Waals surface area contributed by atoms with Crippen LogP contribution in [-0.4, -0.2) is 41.2 Å². The van der Waals surface area contributed by atoms with Gasteiger partial charge in [-0.2, -0.15) is 13.2 Å². The van der Waals surface area contributed by atoms with Gasteiger partial charge < -0.3 is 15.5 Å². The minimum atomic E-state index is -4.62. The van der Waals surface area contributed by atoms with Gasteiger partial charge in [-0.3, -0.25) is 0 Å². The molecule has 0 saturated carbocycles. The van der Waals surface area contributed by atoms with Crippen molar-refractivity contribution in [2.24, 2.45) is 0 Å². The molecule has 92 valence electrons. The Morgan fingerprint density at radius 2 is 1.67 bits per heavy atom. The standard InChI is InChI=1S/C9H18F3NO2/c1-3-8(4-2,6-14)13-5-7(15)9(10,11)12/h7,13-15H,3-6H2,1-2H3. The topological polar surface area (TPSA) is 52.5 Å². The zero-order valence-corrected chi connectivity index (χ0v) is 8.93. The second-order valence-electron chi connectivity index (χ2n) is 3.58. The summed E-state index contributed by atoms with van der Waals surface area (Å²) in [5.41, 5.74) is -0.730. The van der Waals surface area contributed by atoms with Gasteiger partial charge in [0.1, 0.15) is 0 Å². The van der Waals surface area contributed by atoms with E-state index in [-0.39, 0.29) is 6.61 Å². The van der Waals surface area contributed by atoms with Crippen LogP contribution in [-0.2, 0) is 0 Å². The third-order valence-electron chi connectivity index (χ3n) is 2.70. The molecular weight excluding hydrogens is 211 g/mol. The molecule has 0 fully saturated rings. The Balaban J connectivity index is 4.23. The van der Waals surface area contributed by atoms with Crippen LogP contribution in [0.25, 0.3) is 0 Å². The van der Waals surface area contributed by atoms with Crippen LogP contribution in [0.2, 0.25) is 0 Å². The molecule has 1 atom stereocenters. The van der Waals surface area contributed by atoms with E-state index in [4.69, 9.17) is 10.2 Å². The number of hydrogen-bond acceptors (Lipinski definition) is 3. The summed E-state index contributed by atoms with van der Waals surface area (Å²) < 4.78 is 36.0. The van der Waals surface area contributed by atoms with Gasteiger partial charge in [0.05, 0.1) is 6.61 Å². The van der Waals surface area contributed by atoms with Gasteiger partial charge in [0.15, 0.2) is 6.10 Å². The maximum absolute atomic E-state index is 12.0. The van der Waals surface area contributed by atoms with Crippen molar-refractivity contribution in [1.29, 1.82) is 0 Å². The molecule has 0 aliphatic carbocycles. The van der Waals surface area contributed by atoms with E-state index >= 15 is 0 Å². The minimum absolute atomic E-state index is 0.245. The van der Waals surface area contributed by atoms with E-state index in [1.54, 1.807) is 13.8 Å². The number of aliphatic hydroxyl groups excluding tert-OH is 2. The van der Waals surface area contributed by atoms with Crippen molar-refractivity contribution in [2.75, 3.05) is 13.2 Å². The number of halogens is 3. The smallest absolute Gasteiger partial charge is 0.394 e. The molecule has 3 N–H and O–H groups in total. The quantitative estimate of drug-likeness (QED) is 0.638. The Labute approximate surface area is 87.3 Å². The predicted octanol–water partition coefficient (Wildman–Crippen LogP) is 1.05. The largest absolute Gasteiger partial charge is 0.415 e. The normalized spacial score (nSPS) is 15.4. The van der Waals surface area contributed by atoms with Crippen LogP contribution < -0.4 is 5.32 Å². The first kappa shape index (κ1) is 14.7. The van der Waals surface area contributed by atoms with Crippen LogP contribution in [0, 0.1) is 0 Å². The highest BCUT2D eigenvalue weighted by molar-refractivity contribution is 4.86. The molecule has 0 aromatic heterocycles. The van der Waals surface area contributed by atoms with E-state index in [0.29, 0.717) is 12.8 Å².